The highest BCUT2D eigenvalue weighted by atomic mass is 16.5. The molecule has 4 N–H and O–H groups in total. The van der Waals surface area contributed by atoms with Gasteiger partial charge in [-0.1, -0.05) is 26.2 Å². The number of ether oxygens (including phenoxy) is 1. The Labute approximate surface area is 90.1 Å². The number of hydrogen-bond donors (Lipinski definition) is 2. The van der Waals surface area contributed by atoms with E-state index in [2.05, 4.69) is 6.92 Å². The average Bonchev–Trinajstić information content (AvgIpc) is 2.16. The summed E-state index contributed by atoms with van der Waals surface area (Å²) in [4.78, 5) is 21.6. The van der Waals surface area contributed by atoms with Crippen molar-refractivity contribution in [3.8, 4) is 0 Å². The van der Waals surface area contributed by atoms with Gasteiger partial charge in [-0.05, 0) is 6.42 Å². The van der Waals surface area contributed by atoms with Crippen molar-refractivity contribution in [2.45, 2.75) is 45.1 Å². The van der Waals surface area contributed by atoms with Crippen LogP contribution in [-0.2, 0) is 14.3 Å². The molecule has 0 saturated carbocycles. The van der Waals surface area contributed by atoms with Crippen LogP contribution >= 0.6 is 0 Å². The molecule has 0 aromatic rings. The number of hydrogen-bond acceptors (Lipinski definition) is 4. The molecule has 88 valence electrons. The van der Waals surface area contributed by atoms with E-state index in [1.807, 2.05) is 0 Å². The molecule has 5 heteroatoms. The van der Waals surface area contributed by atoms with E-state index in [9.17, 15) is 9.59 Å². The van der Waals surface area contributed by atoms with Gasteiger partial charge in [0.2, 0.25) is 5.91 Å². The molecular formula is C10H20N2O3. The van der Waals surface area contributed by atoms with Crippen molar-refractivity contribution in [3.63, 3.8) is 0 Å². The predicted octanol–water partition coefficient (Wildman–Crippen LogP) is 0.313. The zero-order chi connectivity index (χ0) is 11.7. The van der Waals surface area contributed by atoms with E-state index in [1.165, 1.54) is 0 Å². The topological polar surface area (TPSA) is 95.4 Å². The largest absolute Gasteiger partial charge is 0.465 e. The lowest BCUT2D eigenvalue weighted by Gasteiger charge is -2.09. The summed E-state index contributed by atoms with van der Waals surface area (Å²) in [5, 5.41) is 0. The summed E-state index contributed by atoms with van der Waals surface area (Å²) in [6.45, 7) is 2.47. The van der Waals surface area contributed by atoms with Crippen molar-refractivity contribution in [2.75, 3.05) is 6.61 Å². The molecule has 0 heterocycles. The highest BCUT2D eigenvalue weighted by molar-refractivity contribution is 5.84. The second-order valence-corrected chi connectivity index (χ2v) is 3.51. The number of nitrogens with two attached hydrogens (primary N) is 2. The Kier molecular flexibility index (Phi) is 7.62. The Hall–Kier alpha value is -1.10. The van der Waals surface area contributed by atoms with Crippen molar-refractivity contribution in [2.24, 2.45) is 11.5 Å². The summed E-state index contributed by atoms with van der Waals surface area (Å²) < 4.78 is 4.88. The summed E-state index contributed by atoms with van der Waals surface area (Å²) in [5.41, 5.74) is 10.3. The number of unbranched alkanes of at least 4 members (excludes halogenated alkanes) is 3. The van der Waals surface area contributed by atoms with Gasteiger partial charge in [0.05, 0.1) is 13.0 Å². The summed E-state index contributed by atoms with van der Waals surface area (Å²) >= 11 is 0. The average molecular weight is 216 g/mol. The minimum absolute atomic E-state index is 0.159. The number of esters is 1. The van der Waals surface area contributed by atoms with Crippen LogP contribution in [0.1, 0.15) is 39.0 Å². The molecule has 5 nitrogen and oxygen atoms in total. The van der Waals surface area contributed by atoms with Gasteiger partial charge in [-0.3, -0.25) is 9.59 Å². The van der Waals surface area contributed by atoms with Crippen LogP contribution in [0, 0.1) is 0 Å². The third-order valence-corrected chi connectivity index (χ3v) is 1.97. The number of carbonyl (C=O) groups is 2. The Morgan fingerprint density at radius 1 is 1.27 bits per heavy atom. The van der Waals surface area contributed by atoms with Crippen molar-refractivity contribution in [1.82, 2.24) is 0 Å². The molecule has 0 aliphatic heterocycles. The quantitative estimate of drug-likeness (QED) is 0.451. The molecule has 0 aliphatic rings. The molecule has 0 spiro atoms. The van der Waals surface area contributed by atoms with Gasteiger partial charge >= 0.3 is 5.97 Å². The second kappa shape index (κ2) is 8.23. The summed E-state index contributed by atoms with van der Waals surface area (Å²) in [6, 6.07) is -0.923. The fourth-order valence-electron chi connectivity index (χ4n) is 1.11. The molecule has 0 fully saturated rings. The zero-order valence-corrected chi connectivity index (χ0v) is 9.20. The normalized spacial score (nSPS) is 12.1. The Balaban J connectivity index is 3.51. The molecule has 0 saturated heterocycles. The minimum atomic E-state index is -0.923. The first-order chi connectivity index (χ1) is 7.07. The number of rotatable bonds is 8. The molecule has 0 bridgehead atoms. The Morgan fingerprint density at radius 2 is 1.93 bits per heavy atom. The van der Waals surface area contributed by atoms with Crippen molar-refractivity contribution in [1.29, 1.82) is 0 Å². The van der Waals surface area contributed by atoms with Gasteiger partial charge < -0.3 is 16.2 Å². The molecule has 1 amide bonds. The molecule has 15 heavy (non-hydrogen) atoms. The molecular weight excluding hydrogens is 196 g/mol. The van der Waals surface area contributed by atoms with Gasteiger partial charge in [0.25, 0.3) is 0 Å². The number of primary amides is 1. The molecule has 0 radical (unpaired) electrons. The minimum Gasteiger partial charge on any atom is -0.465 e. The maximum atomic E-state index is 11.2. The van der Waals surface area contributed by atoms with Crippen molar-refractivity contribution >= 4 is 11.9 Å². The van der Waals surface area contributed by atoms with Gasteiger partial charge in [0.15, 0.2) is 0 Å². The summed E-state index contributed by atoms with van der Waals surface area (Å²) in [6.07, 6.45) is 3.98. The monoisotopic (exact) mass is 216 g/mol. The highest BCUT2D eigenvalue weighted by Crippen LogP contribution is 2.00. The summed E-state index contributed by atoms with van der Waals surface area (Å²) in [5.74, 6) is -1.14. The Morgan fingerprint density at radius 3 is 2.47 bits per heavy atom. The van der Waals surface area contributed by atoms with E-state index in [-0.39, 0.29) is 6.42 Å². The van der Waals surface area contributed by atoms with Crippen LogP contribution in [0.2, 0.25) is 0 Å². The van der Waals surface area contributed by atoms with Crippen LogP contribution in [0.5, 0.6) is 0 Å². The van der Waals surface area contributed by atoms with E-state index in [0.29, 0.717) is 6.61 Å². The van der Waals surface area contributed by atoms with E-state index in [1.54, 1.807) is 0 Å². The van der Waals surface area contributed by atoms with E-state index >= 15 is 0 Å². The zero-order valence-electron chi connectivity index (χ0n) is 9.20. The van der Waals surface area contributed by atoms with Crippen molar-refractivity contribution < 1.29 is 14.3 Å². The van der Waals surface area contributed by atoms with Crippen LogP contribution in [0.25, 0.3) is 0 Å². The fourth-order valence-corrected chi connectivity index (χ4v) is 1.11. The molecule has 0 rings (SSSR count). The first kappa shape index (κ1) is 13.9. The van der Waals surface area contributed by atoms with Crippen LogP contribution in [0.15, 0.2) is 0 Å². The molecule has 0 aromatic carbocycles. The SMILES string of the molecule is CCCCCCOC(=O)[C@@H](N)CC(N)=O. The molecule has 0 unspecified atom stereocenters. The molecule has 1 atom stereocenters. The first-order valence-electron chi connectivity index (χ1n) is 5.28. The van der Waals surface area contributed by atoms with Gasteiger partial charge in [-0.2, -0.15) is 0 Å². The molecule has 0 aromatic heterocycles. The standard InChI is InChI=1S/C10H20N2O3/c1-2-3-4-5-6-15-10(14)8(11)7-9(12)13/h8H,2-7,11H2,1H3,(H2,12,13)/t8-/m0/s1. The van der Waals surface area contributed by atoms with E-state index < -0.39 is 17.9 Å². The third-order valence-electron chi connectivity index (χ3n) is 1.97. The first-order valence-corrected chi connectivity index (χ1v) is 5.28. The van der Waals surface area contributed by atoms with Gasteiger partial charge in [-0.15, -0.1) is 0 Å². The van der Waals surface area contributed by atoms with E-state index in [0.717, 1.165) is 25.7 Å². The third kappa shape index (κ3) is 7.93. The predicted molar refractivity (Wildman–Crippen MR) is 56.9 cm³/mol. The van der Waals surface area contributed by atoms with Crippen molar-refractivity contribution in [3.05, 3.63) is 0 Å². The lowest BCUT2D eigenvalue weighted by molar-refractivity contribution is -0.146. The lowest BCUT2D eigenvalue weighted by Crippen LogP contribution is -2.36. The van der Waals surface area contributed by atoms with Crippen LogP contribution < -0.4 is 11.5 Å². The fraction of sp³-hybridized carbons (Fsp3) is 0.800. The maximum absolute atomic E-state index is 11.2. The molecule has 0 aliphatic carbocycles. The Bertz CT molecular complexity index is 207. The van der Waals surface area contributed by atoms with Crippen LogP contribution in [0.3, 0.4) is 0 Å². The maximum Gasteiger partial charge on any atom is 0.323 e. The van der Waals surface area contributed by atoms with Gasteiger partial charge in [0.1, 0.15) is 6.04 Å². The lowest BCUT2D eigenvalue weighted by atomic mass is 10.2. The number of amides is 1. The van der Waals surface area contributed by atoms with E-state index in [4.69, 9.17) is 16.2 Å². The van der Waals surface area contributed by atoms with Gasteiger partial charge in [0, 0.05) is 0 Å². The van der Waals surface area contributed by atoms with Gasteiger partial charge in [-0.25, -0.2) is 0 Å². The highest BCUT2D eigenvalue weighted by Gasteiger charge is 2.16. The smallest absolute Gasteiger partial charge is 0.323 e. The van der Waals surface area contributed by atoms with Crippen LogP contribution in [-0.4, -0.2) is 24.5 Å². The number of carbonyl (C=O) groups excluding carboxylic acids is 2. The second-order valence-electron chi connectivity index (χ2n) is 3.51. The van der Waals surface area contributed by atoms with Crippen LogP contribution in [0.4, 0.5) is 0 Å². The summed E-state index contributed by atoms with van der Waals surface area (Å²) in [7, 11) is 0.